The molecule has 0 aliphatic heterocycles. The maximum Gasteiger partial charge on any atom is 0.338 e. The van der Waals surface area contributed by atoms with Gasteiger partial charge in [0.25, 0.3) is 0 Å². The van der Waals surface area contributed by atoms with Gasteiger partial charge in [-0.1, -0.05) is 32.6 Å². The molecule has 2 N–H and O–H groups in total. The van der Waals surface area contributed by atoms with Crippen LogP contribution in [-0.2, 0) is 0 Å². The van der Waals surface area contributed by atoms with Crippen LogP contribution in [0, 0.1) is 11.6 Å². The fourth-order valence-electron chi connectivity index (χ4n) is 2.04. The zero-order valence-electron chi connectivity index (χ0n) is 11.9. The second-order valence-corrected chi connectivity index (χ2v) is 4.99. The average molecular weight is 285 g/mol. The van der Waals surface area contributed by atoms with Crippen molar-refractivity contribution in [2.24, 2.45) is 0 Å². The number of nitrogens with one attached hydrogen (secondary N) is 1. The number of hydrogen-bond donors (Lipinski definition) is 2. The molecular weight excluding hydrogens is 264 g/mol. The molecule has 5 heteroatoms. The maximum atomic E-state index is 13.7. The molecule has 1 rings (SSSR count). The largest absolute Gasteiger partial charge is 0.478 e. The van der Waals surface area contributed by atoms with Gasteiger partial charge >= 0.3 is 5.97 Å². The van der Waals surface area contributed by atoms with Crippen molar-refractivity contribution in [3.8, 4) is 0 Å². The Balaban J connectivity index is 2.64. The van der Waals surface area contributed by atoms with E-state index in [2.05, 4.69) is 12.2 Å². The van der Waals surface area contributed by atoms with Gasteiger partial charge in [-0.05, 0) is 25.5 Å². The van der Waals surface area contributed by atoms with E-state index in [1.54, 1.807) is 0 Å². The Kier molecular flexibility index (Phi) is 6.42. The van der Waals surface area contributed by atoms with Gasteiger partial charge in [0, 0.05) is 6.04 Å². The molecule has 0 saturated heterocycles. The van der Waals surface area contributed by atoms with E-state index >= 15 is 0 Å². The van der Waals surface area contributed by atoms with Crippen molar-refractivity contribution < 1.29 is 18.7 Å². The van der Waals surface area contributed by atoms with E-state index in [4.69, 9.17) is 5.11 Å². The van der Waals surface area contributed by atoms with Crippen LogP contribution in [0.5, 0.6) is 0 Å². The number of halogens is 2. The van der Waals surface area contributed by atoms with Gasteiger partial charge in [0.05, 0.1) is 11.3 Å². The molecule has 112 valence electrons. The molecule has 0 radical (unpaired) electrons. The monoisotopic (exact) mass is 285 g/mol. The Hall–Kier alpha value is -1.65. The van der Waals surface area contributed by atoms with E-state index in [1.807, 2.05) is 6.92 Å². The fourth-order valence-corrected chi connectivity index (χ4v) is 2.04. The molecule has 0 heterocycles. The van der Waals surface area contributed by atoms with Crippen molar-refractivity contribution in [3.63, 3.8) is 0 Å². The Bertz CT molecular complexity index is 463. The first kappa shape index (κ1) is 16.4. The third kappa shape index (κ3) is 4.47. The topological polar surface area (TPSA) is 49.3 Å². The third-order valence-corrected chi connectivity index (χ3v) is 3.21. The first-order valence-electron chi connectivity index (χ1n) is 6.95. The van der Waals surface area contributed by atoms with Gasteiger partial charge in [0.1, 0.15) is 0 Å². The minimum Gasteiger partial charge on any atom is -0.478 e. The van der Waals surface area contributed by atoms with Gasteiger partial charge in [0.2, 0.25) is 0 Å². The van der Waals surface area contributed by atoms with Gasteiger partial charge in [-0.15, -0.1) is 0 Å². The zero-order valence-corrected chi connectivity index (χ0v) is 11.9. The van der Waals surface area contributed by atoms with Gasteiger partial charge in [-0.3, -0.25) is 0 Å². The van der Waals surface area contributed by atoms with E-state index in [1.165, 1.54) is 12.5 Å². The fraction of sp³-hybridized carbons (Fsp3) is 0.533. The van der Waals surface area contributed by atoms with Crippen LogP contribution in [0.4, 0.5) is 14.5 Å². The quantitative estimate of drug-likeness (QED) is 0.694. The number of rotatable bonds is 8. The standard InChI is InChI=1S/C15H21F2NO2/c1-3-4-5-6-7-10(2)18-12-9-8-11(15(19)20)13(16)14(12)17/h8-10,18H,3-7H2,1-2H3,(H,19,20). The number of aromatic carboxylic acids is 1. The van der Waals surface area contributed by atoms with Gasteiger partial charge < -0.3 is 10.4 Å². The highest BCUT2D eigenvalue weighted by Gasteiger charge is 2.18. The van der Waals surface area contributed by atoms with Crippen LogP contribution in [-0.4, -0.2) is 17.1 Å². The molecule has 0 aromatic heterocycles. The lowest BCUT2D eigenvalue weighted by Gasteiger charge is -2.16. The zero-order chi connectivity index (χ0) is 15.1. The summed E-state index contributed by atoms with van der Waals surface area (Å²) in [6.07, 6.45) is 5.33. The first-order chi connectivity index (χ1) is 9.47. The van der Waals surface area contributed by atoms with Crippen LogP contribution in [0.3, 0.4) is 0 Å². The lowest BCUT2D eigenvalue weighted by atomic mass is 10.1. The van der Waals surface area contributed by atoms with Crippen molar-refractivity contribution >= 4 is 11.7 Å². The maximum absolute atomic E-state index is 13.7. The van der Waals surface area contributed by atoms with E-state index < -0.39 is 23.2 Å². The van der Waals surface area contributed by atoms with Crippen molar-refractivity contribution in [2.75, 3.05) is 5.32 Å². The number of carbonyl (C=O) groups is 1. The Morgan fingerprint density at radius 3 is 2.55 bits per heavy atom. The molecule has 3 nitrogen and oxygen atoms in total. The lowest BCUT2D eigenvalue weighted by Crippen LogP contribution is -2.17. The summed E-state index contributed by atoms with van der Waals surface area (Å²) in [5.74, 6) is -3.92. The molecule has 0 fully saturated rings. The number of unbranched alkanes of at least 4 members (excludes halogenated alkanes) is 3. The Labute approximate surface area is 118 Å². The highest BCUT2D eigenvalue weighted by atomic mass is 19.2. The summed E-state index contributed by atoms with van der Waals surface area (Å²) in [6.45, 7) is 4.03. The SMILES string of the molecule is CCCCCCC(C)Nc1ccc(C(=O)O)c(F)c1F. The van der Waals surface area contributed by atoms with E-state index in [0.29, 0.717) is 0 Å². The van der Waals surface area contributed by atoms with Crippen LogP contribution in [0.1, 0.15) is 56.3 Å². The average Bonchev–Trinajstić information content (AvgIpc) is 2.40. The summed E-state index contributed by atoms with van der Waals surface area (Å²) in [5, 5.41) is 11.6. The Morgan fingerprint density at radius 2 is 1.95 bits per heavy atom. The molecular formula is C15H21F2NO2. The summed E-state index contributed by atoms with van der Waals surface area (Å²) >= 11 is 0. The first-order valence-corrected chi connectivity index (χ1v) is 6.95. The second-order valence-electron chi connectivity index (χ2n) is 4.99. The molecule has 1 atom stereocenters. The van der Waals surface area contributed by atoms with Crippen molar-refractivity contribution in [1.82, 2.24) is 0 Å². The molecule has 0 saturated carbocycles. The predicted octanol–water partition coefficient (Wildman–Crippen LogP) is 4.43. The highest BCUT2D eigenvalue weighted by molar-refractivity contribution is 5.88. The molecule has 0 amide bonds. The molecule has 1 unspecified atom stereocenters. The van der Waals surface area contributed by atoms with Crippen LogP contribution in [0.2, 0.25) is 0 Å². The predicted molar refractivity (Wildman–Crippen MR) is 75.2 cm³/mol. The van der Waals surface area contributed by atoms with Crippen LogP contribution < -0.4 is 5.32 Å². The highest BCUT2D eigenvalue weighted by Crippen LogP contribution is 2.22. The van der Waals surface area contributed by atoms with Crippen LogP contribution >= 0.6 is 0 Å². The molecule has 0 aliphatic rings. The Morgan fingerprint density at radius 1 is 1.25 bits per heavy atom. The van der Waals surface area contributed by atoms with E-state index in [0.717, 1.165) is 31.7 Å². The minimum absolute atomic E-state index is 0.00971. The van der Waals surface area contributed by atoms with Gasteiger partial charge in [0.15, 0.2) is 11.6 Å². The molecule has 0 bridgehead atoms. The smallest absolute Gasteiger partial charge is 0.338 e. The van der Waals surface area contributed by atoms with Crippen LogP contribution in [0.25, 0.3) is 0 Å². The number of carboxylic acid groups (broad SMARTS) is 1. The molecule has 20 heavy (non-hydrogen) atoms. The molecule has 1 aromatic carbocycles. The number of hydrogen-bond acceptors (Lipinski definition) is 2. The van der Waals surface area contributed by atoms with Crippen molar-refractivity contribution in [3.05, 3.63) is 29.3 Å². The molecule has 0 spiro atoms. The number of carboxylic acids is 1. The summed E-state index contributed by atoms with van der Waals surface area (Å²) < 4.78 is 27.2. The lowest BCUT2D eigenvalue weighted by molar-refractivity contribution is 0.0690. The number of anilines is 1. The van der Waals surface area contributed by atoms with Gasteiger partial charge in [-0.2, -0.15) is 0 Å². The van der Waals surface area contributed by atoms with E-state index in [-0.39, 0.29) is 11.7 Å². The normalized spacial score (nSPS) is 12.2. The second kappa shape index (κ2) is 7.82. The summed E-state index contributed by atoms with van der Waals surface area (Å²) in [4.78, 5) is 10.7. The number of benzene rings is 1. The van der Waals surface area contributed by atoms with Crippen molar-refractivity contribution in [1.29, 1.82) is 0 Å². The van der Waals surface area contributed by atoms with Crippen molar-refractivity contribution in [2.45, 2.75) is 52.0 Å². The summed E-state index contributed by atoms with van der Waals surface area (Å²) in [7, 11) is 0. The van der Waals surface area contributed by atoms with Gasteiger partial charge in [-0.25, -0.2) is 13.6 Å². The summed E-state index contributed by atoms with van der Waals surface area (Å²) in [5.41, 5.74) is -0.640. The summed E-state index contributed by atoms with van der Waals surface area (Å²) in [6, 6.07) is 2.36. The third-order valence-electron chi connectivity index (χ3n) is 3.21. The molecule has 1 aromatic rings. The molecule has 0 aliphatic carbocycles. The van der Waals surface area contributed by atoms with Crippen LogP contribution in [0.15, 0.2) is 12.1 Å². The minimum atomic E-state index is -1.47. The van der Waals surface area contributed by atoms with E-state index in [9.17, 15) is 13.6 Å².